The van der Waals surface area contributed by atoms with Gasteiger partial charge in [-0.05, 0) is 37.5 Å². The van der Waals surface area contributed by atoms with Crippen molar-refractivity contribution in [3.05, 3.63) is 30.1 Å². The van der Waals surface area contributed by atoms with Crippen molar-refractivity contribution >= 4 is 11.8 Å². The summed E-state index contributed by atoms with van der Waals surface area (Å²) in [5.41, 5.74) is 1.10. The highest BCUT2D eigenvalue weighted by molar-refractivity contribution is 5.87. The second-order valence-corrected chi connectivity index (χ2v) is 5.83. The van der Waals surface area contributed by atoms with Gasteiger partial charge in [0.2, 0.25) is 11.8 Å². The highest BCUT2D eigenvalue weighted by Gasteiger charge is 2.33. The van der Waals surface area contributed by atoms with Crippen molar-refractivity contribution in [1.82, 2.24) is 14.8 Å². The fourth-order valence-corrected chi connectivity index (χ4v) is 3.14. The average molecular weight is 303 g/mol. The van der Waals surface area contributed by atoms with E-state index in [1.165, 1.54) is 0 Å². The minimum atomic E-state index is -0.181. The number of amides is 2. The Morgan fingerprint density at radius 3 is 2.64 bits per heavy atom. The monoisotopic (exact) mass is 303 g/mol. The van der Waals surface area contributed by atoms with Crippen molar-refractivity contribution in [3.63, 3.8) is 0 Å². The van der Waals surface area contributed by atoms with E-state index in [1.807, 2.05) is 24.0 Å². The molecule has 2 atom stereocenters. The lowest BCUT2D eigenvalue weighted by atomic mass is 9.93. The second kappa shape index (κ2) is 7.38. The van der Waals surface area contributed by atoms with Crippen LogP contribution in [0.1, 0.15) is 44.7 Å². The maximum Gasteiger partial charge on any atom is 0.226 e. The van der Waals surface area contributed by atoms with Crippen LogP contribution in [0, 0.1) is 5.92 Å². The molecule has 1 aliphatic rings. The summed E-state index contributed by atoms with van der Waals surface area (Å²) in [5, 5.41) is 0. The second-order valence-electron chi connectivity index (χ2n) is 5.83. The van der Waals surface area contributed by atoms with Crippen molar-refractivity contribution in [2.75, 3.05) is 20.1 Å². The molecule has 0 N–H and O–H groups in total. The van der Waals surface area contributed by atoms with Gasteiger partial charge in [-0.3, -0.25) is 14.6 Å². The Morgan fingerprint density at radius 2 is 2.09 bits per heavy atom. The summed E-state index contributed by atoms with van der Waals surface area (Å²) < 4.78 is 0. The van der Waals surface area contributed by atoms with Crippen LogP contribution in [0.2, 0.25) is 0 Å². The number of hydrogen-bond acceptors (Lipinski definition) is 3. The minimum absolute atomic E-state index is 0.0512. The van der Waals surface area contributed by atoms with Crippen LogP contribution in [0.3, 0.4) is 0 Å². The van der Waals surface area contributed by atoms with Gasteiger partial charge in [-0.25, -0.2) is 0 Å². The van der Waals surface area contributed by atoms with E-state index in [4.69, 9.17) is 0 Å². The summed E-state index contributed by atoms with van der Waals surface area (Å²) in [7, 11) is 1.80. The Balaban J connectivity index is 2.16. The van der Waals surface area contributed by atoms with Gasteiger partial charge >= 0.3 is 0 Å². The van der Waals surface area contributed by atoms with Crippen molar-refractivity contribution in [2.24, 2.45) is 5.92 Å². The van der Waals surface area contributed by atoms with Gasteiger partial charge in [0.25, 0.3) is 0 Å². The summed E-state index contributed by atoms with van der Waals surface area (Å²) in [5.74, 6) is -0.00948. The minimum Gasteiger partial charge on any atom is -0.346 e. The van der Waals surface area contributed by atoms with Crippen LogP contribution in [0.5, 0.6) is 0 Å². The normalized spacial score (nSPS) is 19.9. The molecule has 1 aromatic heterocycles. The molecule has 1 saturated heterocycles. The van der Waals surface area contributed by atoms with Crippen LogP contribution in [0.4, 0.5) is 0 Å². The van der Waals surface area contributed by atoms with E-state index < -0.39 is 0 Å². The van der Waals surface area contributed by atoms with Gasteiger partial charge in [0.15, 0.2) is 0 Å². The zero-order valence-electron chi connectivity index (χ0n) is 13.7. The van der Waals surface area contributed by atoms with E-state index in [9.17, 15) is 9.59 Å². The molecule has 5 heteroatoms. The lowest BCUT2D eigenvalue weighted by Crippen LogP contribution is -2.45. The molecule has 0 aromatic carbocycles. The van der Waals surface area contributed by atoms with Gasteiger partial charge in [-0.1, -0.05) is 6.92 Å². The Labute approximate surface area is 132 Å². The molecule has 5 nitrogen and oxygen atoms in total. The number of hydrogen-bond donors (Lipinski definition) is 0. The lowest BCUT2D eigenvalue weighted by molar-refractivity contribution is -0.146. The number of aromatic nitrogens is 1. The predicted molar refractivity (Wildman–Crippen MR) is 85.0 cm³/mol. The molecule has 22 heavy (non-hydrogen) atoms. The molecule has 0 radical (unpaired) electrons. The quantitative estimate of drug-likeness (QED) is 0.838. The van der Waals surface area contributed by atoms with E-state index in [0.717, 1.165) is 18.4 Å². The molecule has 0 unspecified atom stereocenters. The van der Waals surface area contributed by atoms with E-state index in [0.29, 0.717) is 19.5 Å². The molecule has 1 aliphatic heterocycles. The number of carbonyl (C=O) groups is 2. The Kier molecular flexibility index (Phi) is 5.52. The summed E-state index contributed by atoms with van der Waals surface area (Å²) in [4.78, 5) is 32.4. The third-order valence-corrected chi connectivity index (χ3v) is 4.49. The first-order valence-electron chi connectivity index (χ1n) is 8.02. The number of carbonyl (C=O) groups excluding carboxylic acids is 2. The summed E-state index contributed by atoms with van der Waals surface area (Å²) in [6, 6.07) is 3.98. The summed E-state index contributed by atoms with van der Waals surface area (Å²) in [6.07, 6.45) is 5.46. The zero-order valence-corrected chi connectivity index (χ0v) is 13.7. The van der Waals surface area contributed by atoms with Crippen molar-refractivity contribution in [3.8, 4) is 0 Å². The van der Waals surface area contributed by atoms with Crippen LogP contribution in [0.25, 0.3) is 0 Å². The molecular weight excluding hydrogens is 278 g/mol. The van der Waals surface area contributed by atoms with Crippen LogP contribution in [0.15, 0.2) is 24.5 Å². The standard InChI is InChI=1S/C17H25N3O2/c1-4-15(13-6-9-18-10-7-13)20(5-2)17(22)14-8-11-19(3)16(21)12-14/h6-7,9-10,14-15H,4-5,8,11-12H2,1-3H3/t14-,15-/m0/s1. The Hall–Kier alpha value is -1.91. The molecule has 1 aromatic rings. The molecular formula is C17H25N3O2. The van der Waals surface area contributed by atoms with Crippen LogP contribution >= 0.6 is 0 Å². The first kappa shape index (κ1) is 16.5. The number of nitrogens with zero attached hydrogens (tertiary/aromatic N) is 3. The molecule has 0 aliphatic carbocycles. The van der Waals surface area contributed by atoms with E-state index in [-0.39, 0.29) is 23.8 Å². The van der Waals surface area contributed by atoms with Gasteiger partial charge < -0.3 is 9.80 Å². The third kappa shape index (κ3) is 3.46. The maximum atomic E-state index is 12.9. The smallest absolute Gasteiger partial charge is 0.226 e. The molecule has 0 spiro atoms. The van der Waals surface area contributed by atoms with Crippen molar-refractivity contribution in [2.45, 2.75) is 39.2 Å². The highest BCUT2D eigenvalue weighted by Crippen LogP contribution is 2.28. The van der Waals surface area contributed by atoms with Gasteiger partial charge in [-0.15, -0.1) is 0 Å². The van der Waals surface area contributed by atoms with Gasteiger partial charge in [0, 0.05) is 44.9 Å². The van der Waals surface area contributed by atoms with Gasteiger partial charge in [0.05, 0.1) is 6.04 Å². The summed E-state index contributed by atoms with van der Waals surface area (Å²) in [6.45, 7) is 5.40. The molecule has 2 heterocycles. The molecule has 2 amide bonds. The first-order chi connectivity index (χ1) is 10.6. The van der Waals surface area contributed by atoms with Crippen LogP contribution in [-0.2, 0) is 9.59 Å². The fourth-order valence-electron chi connectivity index (χ4n) is 3.14. The molecule has 1 fully saturated rings. The third-order valence-electron chi connectivity index (χ3n) is 4.49. The number of rotatable bonds is 5. The predicted octanol–water partition coefficient (Wildman–Crippen LogP) is 2.25. The van der Waals surface area contributed by atoms with Crippen LogP contribution in [-0.4, -0.2) is 46.7 Å². The molecule has 0 saturated carbocycles. The Morgan fingerprint density at radius 1 is 1.41 bits per heavy atom. The molecule has 120 valence electrons. The fraction of sp³-hybridized carbons (Fsp3) is 0.588. The van der Waals surface area contributed by atoms with E-state index in [2.05, 4.69) is 11.9 Å². The van der Waals surface area contributed by atoms with Crippen LogP contribution < -0.4 is 0 Å². The number of likely N-dealkylation sites (tertiary alicyclic amines) is 1. The van der Waals surface area contributed by atoms with Crippen molar-refractivity contribution in [1.29, 1.82) is 0 Å². The average Bonchev–Trinajstić information content (AvgIpc) is 2.55. The lowest BCUT2D eigenvalue weighted by Gasteiger charge is -2.36. The first-order valence-corrected chi connectivity index (χ1v) is 8.02. The topological polar surface area (TPSA) is 53.5 Å². The summed E-state index contributed by atoms with van der Waals surface area (Å²) >= 11 is 0. The van der Waals surface area contributed by atoms with Gasteiger partial charge in [-0.2, -0.15) is 0 Å². The SMILES string of the molecule is CC[C@@H](c1ccncc1)N(CC)C(=O)[C@H]1CCN(C)C(=O)C1. The van der Waals surface area contributed by atoms with Crippen molar-refractivity contribution < 1.29 is 9.59 Å². The van der Waals surface area contributed by atoms with E-state index >= 15 is 0 Å². The highest BCUT2D eigenvalue weighted by atomic mass is 16.2. The molecule has 0 bridgehead atoms. The van der Waals surface area contributed by atoms with Gasteiger partial charge in [0.1, 0.15) is 0 Å². The molecule has 2 rings (SSSR count). The van der Waals surface area contributed by atoms with E-state index in [1.54, 1.807) is 24.3 Å². The largest absolute Gasteiger partial charge is 0.346 e. The maximum absolute atomic E-state index is 12.9. The Bertz CT molecular complexity index is 518. The number of piperidine rings is 1. The zero-order chi connectivity index (χ0) is 16.1. The number of pyridine rings is 1.